The van der Waals surface area contributed by atoms with Gasteiger partial charge < -0.3 is 15.5 Å². The lowest BCUT2D eigenvalue weighted by Crippen LogP contribution is -2.51. The monoisotopic (exact) mass is 442 g/mol. The third-order valence-electron chi connectivity index (χ3n) is 5.05. The number of piperidine rings is 1. The van der Waals surface area contributed by atoms with E-state index in [4.69, 9.17) is 23.2 Å². The Kier molecular flexibility index (Phi) is 6.30. The minimum Gasteiger partial charge on any atom is -0.356 e. The molecule has 0 saturated carbocycles. The molecule has 1 aromatic carbocycles. The summed E-state index contributed by atoms with van der Waals surface area (Å²) in [7, 11) is 0. The van der Waals surface area contributed by atoms with Crippen molar-refractivity contribution in [2.45, 2.75) is 18.4 Å². The van der Waals surface area contributed by atoms with E-state index in [1.807, 2.05) is 18.2 Å². The van der Waals surface area contributed by atoms with Crippen molar-refractivity contribution in [3.8, 4) is 0 Å². The van der Waals surface area contributed by atoms with Crippen LogP contribution >= 0.6 is 23.2 Å². The number of amides is 2. The van der Waals surface area contributed by atoms with E-state index in [1.54, 1.807) is 36.7 Å². The van der Waals surface area contributed by atoms with Crippen molar-refractivity contribution < 1.29 is 4.79 Å². The molecule has 0 bridgehead atoms. The fourth-order valence-electron chi connectivity index (χ4n) is 3.58. The van der Waals surface area contributed by atoms with Crippen molar-refractivity contribution in [1.82, 2.24) is 20.3 Å². The Hall–Kier alpha value is -2.90. The van der Waals surface area contributed by atoms with Crippen LogP contribution in [0.4, 0.5) is 16.3 Å². The highest BCUT2D eigenvalue weighted by Crippen LogP contribution is 2.29. The van der Waals surface area contributed by atoms with E-state index in [9.17, 15) is 4.79 Å². The molecular weight excluding hydrogens is 423 g/mol. The van der Waals surface area contributed by atoms with Gasteiger partial charge in [0.2, 0.25) is 0 Å². The van der Waals surface area contributed by atoms with E-state index in [0.717, 1.165) is 24.5 Å². The topological polar surface area (TPSA) is 83.0 Å². The largest absolute Gasteiger partial charge is 0.356 e. The van der Waals surface area contributed by atoms with Gasteiger partial charge in [-0.3, -0.25) is 4.98 Å². The molecule has 1 fully saturated rings. The van der Waals surface area contributed by atoms with E-state index in [-0.39, 0.29) is 18.0 Å². The molecule has 0 aliphatic carbocycles. The van der Waals surface area contributed by atoms with Crippen LogP contribution in [0.3, 0.4) is 0 Å². The summed E-state index contributed by atoms with van der Waals surface area (Å²) in [6, 6.07) is 12.2. The highest BCUT2D eigenvalue weighted by molar-refractivity contribution is 6.30. The van der Waals surface area contributed by atoms with Crippen molar-refractivity contribution in [2.75, 3.05) is 23.3 Å². The van der Waals surface area contributed by atoms with Gasteiger partial charge in [0.1, 0.15) is 12.1 Å². The van der Waals surface area contributed by atoms with Gasteiger partial charge in [0.15, 0.2) is 0 Å². The van der Waals surface area contributed by atoms with Gasteiger partial charge in [0.25, 0.3) is 0 Å². The highest BCUT2D eigenvalue weighted by atomic mass is 35.5. The zero-order valence-corrected chi connectivity index (χ0v) is 17.5. The first-order valence-corrected chi connectivity index (χ1v) is 10.3. The zero-order valence-electron chi connectivity index (χ0n) is 16.0. The molecule has 1 aliphatic rings. The molecule has 2 N–H and O–H groups in total. The van der Waals surface area contributed by atoms with Gasteiger partial charge in [-0.1, -0.05) is 23.2 Å². The maximum atomic E-state index is 12.6. The Morgan fingerprint density at radius 1 is 1.03 bits per heavy atom. The minimum absolute atomic E-state index is 0.0260. The molecule has 1 saturated heterocycles. The number of carbonyl (C=O) groups excluding carboxylic acids is 1. The number of benzene rings is 1. The number of anilines is 2. The van der Waals surface area contributed by atoms with Gasteiger partial charge in [-0.2, -0.15) is 0 Å². The molecular formula is C21H20Cl2N6O. The maximum absolute atomic E-state index is 12.6. The van der Waals surface area contributed by atoms with Gasteiger partial charge in [-0.05, 0) is 48.9 Å². The van der Waals surface area contributed by atoms with Crippen LogP contribution in [-0.4, -0.2) is 40.1 Å². The average Bonchev–Trinajstić information content (AvgIpc) is 2.77. The van der Waals surface area contributed by atoms with Crippen molar-refractivity contribution in [2.24, 2.45) is 0 Å². The van der Waals surface area contributed by atoms with Crippen LogP contribution in [0.15, 0.2) is 61.2 Å². The maximum Gasteiger partial charge on any atom is 0.319 e. The molecule has 154 valence electrons. The summed E-state index contributed by atoms with van der Waals surface area (Å²) in [5, 5.41) is 7.15. The van der Waals surface area contributed by atoms with E-state index >= 15 is 0 Å². The van der Waals surface area contributed by atoms with Crippen molar-refractivity contribution in [1.29, 1.82) is 0 Å². The fraction of sp³-hybridized carbons (Fsp3) is 0.238. The minimum atomic E-state index is -0.267. The summed E-state index contributed by atoms with van der Waals surface area (Å²) in [5.74, 6) is 0.829. The molecule has 7 nitrogen and oxygen atoms in total. The van der Waals surface area contributed by atoms with Gasteiger partial charge in [-0.15, -0.1) is 0 Å². The van der Waals surface area contributed by atoms with Crippen LogP contribution in [0.5, 0.6) is 0 Å². The summed E-state index contributed by atoms with van der Waals surface area (Å²) in [5.41, 5.74) is 1.55. The van der Waals surface area contributed by atoms with Crippen molar-refractivity contribution >= 4 is 40.7 Å². The number of nitrogens with zero attached hydrogens (tertiary/aromatic N) is 4. The molecule has 30 heavy (non-hydrogen) atoms. The van der Waals surface area contributed by atoms with Crippen LogP contribution < -0.4 is 15.5 Å². The summed E-state index contributed by atoms with van der Waals surface area (Å²) in [6.45, 7) is 1.42. The van der Waals surface area contributed by atoms with Crippen LogP contribution in [-0.2, 0) is 0 Å². The number of pyridine rings is 1. The van der Waals surface area contributed by atoms with Gasteiger partial charge >= 0.3 is 6.03 Å². The standard InChI is InChI=1S/C21H20Cl2N6O/c22-14-1-4-16(5-2-14)27-21(30)28-19-8-10-29(20-7-9-24-13-26-20)12-17(19)18-6-3-15(23)11-25-18/h1-7,9,11,13,17,19H,8,10,12H2,(H2,27,28,30). The average molecular weight is 443 g/mol. The molecule has 0 spiro atoms. The normalized spacial score (nSPS) is 18.7. The summed E-state index contributed by atoms with van der Waals surface area (Å²) in [4.78, 5) is 27.6. The Morgan fingerprint density at radius 3 is 2.53 bits per heavy atom. The molecule has 2 amide bonds. The smallest absolute Gasteiger partial charge is 0.319 e. The Labute approximate surface area is 184 Å². The van der Waals surface area contributed by atoms with E-state index < -0.39 is 0 Å². The van der Waals surface area contributed by atoms with Crippen LogP contribution in [0.1, 0.15) is 18.0 Å². The lowest BCUT2D eigenvalue weighted by atomic mass is 9.89. The van der Waals surface area contributed by atoms with Gasteiger partial charge in [0, 0.05) is 53.8 Å². The van der Waals surface area contributed by atoms with Gasteiger partial charge in [-0.25, -0.2) is 14.8 Å². The van der Waals surface area contributed by atoms with E-state index in [1.165, 1.54) is 6.33 Å². The second kappa shape index (κ2) is 9.28. The van der Waals surface area contributed by atoms with Crippen LogP contribution in [0.25, 0.3) is 0 Å². The molecule has 3 heterocycles. The molecule has 2 atom stereocenters. The molecule has 1 aliphatic heterocycles. The quantitative estimate of drug-likeness (QED) is 0.626. The second-order valence-corrected chi connectivity index (χ2v) is 7.89. The Bertz CT molecular complexity index is 985. The zero-order chi connectivity index (χ0) is 20.9. The Morgan fingerprint density at radius 2 is 1.83 bits per heavy atom. The Balaban J connectivity index is 1.50. The number of hydrogen-bond donors (Lipinski definition) is 2. The number of urea groups is 1. The highest BCUT2D eigenvalue weighted by Gasteiger charge is 2.33. The number of hydrogen-bond acceptors (Lipinski definition) is 5. The SMILES string of the molecule is O=C(Nc1ccc(Cl)cc1)NC1CCN(c2ccncn2)CC1c1ccc(Cl)cn1. The number of aromatic nitrogens is 3. The van der Waals surface area contributed by atoms with Crippen molar-refractivity contribution in [3.63, 3.8) is 0 Å². The second-order valence-electron chi connectivity index (χ2n) is 7.02. The number of halogens is 2. The first-order valence-electron chi connectivity index (χ1n) is 9.54. The predicted molar refractivity (Wildman–Crippen MR) is 118 cm³/mol. The molecule has 4 rings (SSSR count). The first kappa shape index (κ1) is 20.4. The predicted octanol–water partition coefficient (Wildman–Crippen LogP) is 4.36. The van der Waals surface area contributed by atoms with Gasteiger partial charge in [0.05, 0.1) is 5.02 Å². The lowest BCUT2D eigenvalue weighted by molar-refractivity contribution is 0.243. The van der Waals surface area contributed by atoms with E-state index in [0.29, 0.717) is 22.3 Å². The number of nitrogens with one attached hydrogen (secondary N) is 2. The fourth-order valence-corrected chi connectivity index (χ4v) is 3.82. The molecule has 9 heteroatoms. The molecule has 0 radical (unpaired) electrons. The molecule has 3 aromatic rings. The van der Waals surface area contributed by atoms with Crippen molar-refractivity contribution in [3.05, 3.63) is 76.9 Å². The third kappa shape index (κ3) is 4.98. The van der Waals surface area contributed by atoms with E-state index in [2.05, 4.69) is 30.5 Å². The first-order chi connectivity index (χ1) is 14.6. The van der Waals surface area contributed by atoms with Crippen LogP contribution in [0, 0.1) is 0 Å². The lowest BCUT2D eigenvalue weighted by Gasteiger charge is -2.39. The summed E-state index contributed by atoms with van der Waals surface area (Å²) >= 11 is 11.9. The molecule has 2 unspecified atom stereocenters. The van der Waals surface area contributed by atoms with Crippen LogP contribution in [0.2, 0.25) is 10.0 Å². The summed E-state index contributed by atoms with van der Waals surface area (Å²) < 4.78 is 0. The number of rotatable bonds is 4. The third-order valence-corrected chi connectivity index (χ3v) is 5.53. The summed E-state index contributed by atoms with van der Waals surface area (Å²) in [6.07, 6.45) is 5.63. The number of carbonyl (C=O) groups is 1. The molecule has 2 aromatic heterocycles.